The third-order valence-electron chi connectivity index (χ3n) is 4.04. The molecule has 0 bridgehead atoms. The summed E-state index contributed by atoms with van der Waals surface area (Å²) >= 11 is 0. The van der Waals surface area contributed by atoms with Crippen LogP contribution in [0.4, 0.5) is 0 Å². The van der Waals surface area contributed by atoms with Crippen molar-refractivity contribution >= 4 is 11.8 Å². The van der Waals surface area contributed by atoms with Gasteiger partial charge in [-0.05, 0) is 39.3 Å². The van der Waals surface area contributed by atoms with Crippen LogP contribution in [-0.4, -0.2) is 32.6 Å². The SMILES string of the molecule is COc1ccc2c(c1OC)[C@H](COC(=O)C(C)(C)C)CCC2=O. The van der Waals surface area contributed by atoms with E-state index in [1.54, 1.807) is 26.4 Å². The van der Waals surface area contributed by atoms with E-state index in [0.29, 0.717) is 29.9 Å². The van der Waals surface area contributed by atoms with Gasteiger partial charge in [-0.15, -0.1) is 0 Å². The van der Waals surface area contributed by atoms with Gasteiger partial charge in [0.2, 0.25) is 0 Å². The maximum atomic E-state index is 12.2. The van der Waals surface area contributed by atoms with E-state index in [4.69, 9.17) is 14.2 Å². The van der Waals surface area contributed by atoms with Crippen molar-refractivity contribution in [3.63, 3.8) is 0 Å². The lowest BCUT2D eigenvalue weighted by Crippen LogP contribution is -2.27. The average molecular weight is 320 g/mol. The van der Waals surface area contributed by atoms with Gasteiger partial charge in [0, 0.05) is 23.5 Å². The number of esters is 1. The molecule has 0 saturated carbocycles. The van der Waals surface area contributed by atoms with Crippen molar-refractivity contribution < 1.29 is 23.8 Å². The second-order valence-corrected chi connectivity index (χ2v) is 6.77. The van der Waals surface area contributed by atoms with Gasteiger partial charge in [0.05, 0.1) is 26.2 Å². The lowest BCUT2D eigenvalue weighted by atomic mass is 9.81. The highest BCUT2D eigenvalue weighted by Crippen LogP contribution is 2.43. The minimum atomic E-state index is -0.550. The maximum Gasteiger partial charge on any atom is 0.311 e. The molecule has 0 aromatic heterocycles. The van der Waals surface area contributed by atoms with Crippen molar-refractivity contribution in [2.45, 2.75) is 39.5 Å². The minimum Gasteiger partial charge on any atom is -0.493 e. The Kier molecular flexibility index (Phi) is 4.97. The second kappa shape index (κ2) is 6.60. The van der Waals surface area contributed by atoms with Gasteiger partial charge in [-0.2, -0.15) is 0 Å². The summed E-state index contributed by atoms with van der Waals surface area (Å²) < 4.78 is 16.3. The number of fused-ring (bicyclic) bond motifs is 1. The summed E-state index contributed by atoms with van der Waals surface area (Å²) in [5.74, 6) is 0.888. The van der Waals surface area contributed by atoms with Crippen molar-refractivity contribution in [1.82, 2.24) is 0 Å². The molecule has 2 rings (SSSR count). The zero-order valence-corrected chi connectivity index (χ0v) is 14.4. The molecule has 0 saturated heterocycles. The number of methoxy groups -OCH3 is 2. The lowest BCUT2D eigenvalue weighted by molar-refractivity contribution is -0.153. The van der Waals surface area contributed by atoms with Crippen molar-refractivity contribution in [3.8, 4) is 11.5 Å². The standard InChI is InChI=1S/C18H24O5/c1-18(2,3)17(20)23-10-11-6-8-13(19)12-7-9-14(21-4)16(22-5)15(11)12/h7,9,11H,6,8,10H2,1-5H3/t11-/m0/s1. The molecular formula is C18H24O5. The van der Waals surface area contributed by atoms with E-state index in [-0.39, 0.29) is 24.3 Å². The molecule has 1 aliphatic carbocycles. The number of benzene rings is 1. The quantitative estimate of drug-likeness (QED) is 0.796. The van der Waals surface area contributed by atoms with Crippen molar-refractivity contribution in [3.05, 3.63) is 23.3 Å². The average Bonchev–Trinajstić information content (AvgIpc) is 2.51. The highest BCUT2D eigenvalue weighted by Gasteiger charge is 2.32. The highest BCUT2D eigenvalue weighted by atomic mass is 16.5. The van der Waals surface area contributed by atoms with Crippen molar-refractivity contribution in [2.24, 2.45) is 5.41 Å². The van der Waals surface area contributed by atoms with Crippen LogP contribution in [0, 0.1) is 5.41 Å². The normalized spacial score (nSPS) is 17.4. The van der Waals surface area contributed by atoms with E-state index in [1.165, 1.54) is 0 Å². The molecule has 0 N–H and O–H groups in total. The molecule has 0 heterocycles. The third-order valence-corrected chi connectivity index (χ3v) is 4.04. The summed E-state index contributed by atoms with van der Waals surface area (Å²) in [7, 11) is 3.11. The molecule has 5 nitrogen and oxygen atoms in total. The van der Waals surface area contributed by atoms with E-state index >= 15 is 0 Å². The Morgan fingerprint density at radius 2 is 1.91 bits per heavy atom. The number of rotatable bonds is 4. The fourth-order valence-corrected chi connectivity index (χ4v) is 2.74. The Hall–Kier alpha value is -2.04. The van der Waals surface area contributed by atoms with E-state index in [2.05, 4.69) is 0 Å². The number of Topliss-reactive ketones (excluding diaryl/α,β-unsaturated/α-hetero) is 1. The molecule has 126 valence electrons. The molecule has 1 atom stereocenters. The van der Waals surface area contributed by atoms with E-state index in [0.717, 1.165) is 5.56 Å². The zero-order valence-electron chi connectivity index (χ0n) is 14.4. The summed E-state index contributed by atoms with van der Waals surface area (Å²) in [6.07, 6.45) is 1.08. The van der Waals surface area contributed by atoms with Gasteiger partial charge in [0.25, 0.3) is 0 Å². The summed E-state index contributed by atoms with van der Waals surface area (Å²) in [4.78, 5) is 24.2. The first-order valence-electron chi connectivity index (χ1n) is 7.75. The summed E-state index contributed by atoms with van der Waals surface area (Å²) in [6, 6.07) is 3.50. The molecule has 0 amide bonds. The van der Waals surface area contributed by atoms with Crippen LogP contribution in [0.15, 0.2) is 12.1 Å². The zero-order chi connectivity index (χ0) is 17.2. The Balaban J connectivity index is 2.34. The molecule has 1 aliphatic rings. The van der Waals surface area contributed by atoms with Crippen LogP contribution in [-0.2, 0) is 9.53 Å². The fourth-order valence-electron chi connectivity index (χ4n) is 2.74. The predicted molar refractivity (Wildman–Crippen MR) is 86.3 cm³/mol. The first kappa shape index (κ1) is 17.3. The first-order valence-corrected chi connectivity index (χ1v) is 7.75. The Morgan fingerprint density at radius 3 is 2.48 bits per heavy atom. The van der Waals surface area contributed by atoms with Gasteiger partial charge >= 0.3 is 5.97 Å². The number of carbonyl (C=O) groups excluding carboxylic acids is 2. The smallest absolute Gasteiger partial charge is 0.311 e. The summed E-state index contributed by atoms with van der Waals surface area (Å²) in [6.45, 7) is 5.69. The van der Waals surface area contributed by atoms with Crippen LogP contribution >= 0.6 is 0 Å². The van der Waals surface area contributed by atoms with Crippen LogP contribution < -0.4 is 9.47 Å². The third kappa shape index (κ3) is 3.49. The fraction of sp³-hybridized carbons (Fsp3) is 0.556. The molecular weight excluding hydrogens is 296 g/mol. The largest absolute Gasteiger partial charge is 0.493 e. The van der Waals surface area contributed by atoms with Crippen LogP contribution in [0.3, 0.4) is 0 Å². The molecule has 23 heavy (non-hydrogen) atoms. The number of hydrogen-bond donors (Lipinski definition) is 0. The molecule has 0 spiro atoms. The molecule has 5 heteroatoms. The summed E-state index contributed by atoms with van der Waals surface area (Å²) in [5.41, 5.74) is 0.863. The van der Waals surface area contributed by atoms with Gasteiger partial charge in [0.15, 0.2) is 17.3 Å². The number of ether oxygens (including phenoxy) is 3. The number of carbonyl (C=O) groups is 2. The molecule has 0 radical (unpaired) electrons. The van der Waals surface area contributed by atoms with E-state index in [1.807, 2.05) is 20.8 Å². The first-order chi connectivity index (χ1) is 10.8. The minimum absolute atomic E-state index is 0.0703. The maximum absolute atomic E-state index is 12.2. The van der Waals surface area contributed by atoms with Crippen molar-refractivity contribution in [2.75, 3.05) is 20.8 Å². The summed E-state index contributed by atoms with van der Waals surface area (Å²) in [5, 5.41) is 0. The Labute approximate surface area is 136 Å². The number of ketones is 1. The Morgan fingerprint density at radius 1 is 1.22 bits per heavy atom. The van der Waals surface area contributed by atoms with Gasteiger partial charge in [-0.3, -0.25) is 9.59 Å². The molecule has 1 aromatic carbocycles. The highest BCUT2D eigenvalue weighted by molar-refractivity contribution is 6.00. The van der Waals surface area contributed by atoms with Gasteiger partial charge in [0.1, 0.15) is 0 Å². The molecule has 0 unspecified atom stereocenters. The molecule has 0 aliphatic heterocycles. The topological polar surface area (TPSA) is 61.8 Å². The van der Waals surface area contributed by atoms with Crippen LogP contribution in [0.5, 0.6) is 11.5 Å². The van der Waals surface area contributed by atoms with Gasteiger partial charge < -0.3 is 14.2 Å². The monoisotopic (exact) mass is 320 g/mol. The Bertz CT molecular complexity index is 613. The van der Waals surface area contributed by atoms with Crippen LogP contribution in [0.2, 0.25) is 0 Å². The van der Waals surface area contributed by atoms with Crippen molar-refractivity contribution in [1.29, 1.82) is 0 Å². The van der Waals surface area contributed by atoms with E-state index < -0.39 is 5.41 Å². The predicted octanol–water partition coefficient (Wildman–Crippen LogP) is 3.35. The van der Waals surface area contributed by atoms with Crippen LogP contribution in [0.1, 0.15) is 55.5 Å². The number of hydrogen-bond acceptors (Lipinski definition) is 5. The molecule has 1 aromatic rings. The second-order valence-electron chi connectivity index (χ2n) is 6.77. The van der Waals surface area contributed by atoms with E-state index in [9.17, 15) is 9.59 Å². The lowest BCUT2D eigenvalue weighted by Gasteiger charge is -2.28. The molecule has 0 fully saturated rings. The van der Waals surface area contributed by atoms with Crippen LogP contribution in [0.25, 0.3) is 0 Å². The van der Waals surface area contributed by atoms with Gasteiger partial charge in [-0.1, -0.05) is 0 Å². The van der Waals surface area contributed by atoms with Gasteiger partial charge in [-0.25, -0.2) is 0 Å².